The van der Waals surface area contributed by atoms with Gasteiger partial charge in [-0.3, -0.25) is 0 Å². The number of methoxy groups -OCH3 is 1. The fourth-order valence-corrected chi connectivity index (χ4v) is 4.20. The third kappa shape index (κ3) is 5.82. The van der Waals surface area contributed by atoms with Crippen LogP contribution in [0.2, 0.25) is 10.0 Å². The highest BCUT2D eigenvalue weighted by Crippen LogP contribution is 2.30. The number of ether oxygens (including phenoxy) is 2. The largest absolute Gasteiger partial charge is 0.493 e. The lowest BCUT2D eigenvalue weighted by atomic mass is 10.0. The summed E-state index contributed by atoms with van der Waals surface area (Å²) in [5.74, 6) is 2.19. The quantitative estimate of drug-likeness (QED) is 0.490. The lowest BCUT2D eigenvalue weighted by Gasteiger charge is -2.32. The second-order valence-corrected chi connectivity index (χ2v) is 8.54. The van der Waals surface area contributed by atoms with Crippen LogP contribution in [0.5, 0.6) is 11.5 Å². The standard InChI is InChI=1S/C24H26Cl2N4O2/c1-31-23-13-17(3-6-22(23)32-16-18-4-5-19(25)14-21(18)26)15-29-20-7-11-30(12-8-20)24-27-9-2-10-28-24/h2-6,9-10,13-14,20,29H,7-8,11-12,15-16H2,1H3. The van der Waals surface area contributed by atoms with Gasteiger partial charge in [0.05, 0.1) is 7.11 Å². The maximum absolute atomic E-state index is 6.24. The molecule has 6 nitrogen and oxygen atoms in total. The molecule has 0 aliphatic carbocycles. The number of hydrogen-bond acceptors (Lipinski definition) is 6. The molecule has 0 radical (unpaired) electrons. The Kier molecular flexibility index (Phi) is 7.68. The predicted molar refractivity (Wildman–Crippen MR) is 128 cm³/mol. The van der Waals surface area contributed by atoms with Crippen LogP contribution >= 0.6 is 23.2 Å². The van der Waals surface area contributed by atoms with Gasteiger partial charge < -0.3 is 19.7 Å². The van der Waals surface area contributed by atoms with Gasteiger partial charge in [-0.05, 0) is 48.7 Å². The minimum atomic E-state index is 0.341. The molecule has 0 saturated carbocycles. The van der Waals surface area contributed by atoms with Gasteiger partial charge in [0.1, 0.15) is 6.61 Å². The molecule has 0 unspecified atom stereocenters. The number of anilines is 1. The van der Waals surface area contributed by atoms with E-state index in [0.717, 1.165) is 49.6 Å². The first-order valence-electron chi connectivity index (χ1n) is 10.6. The van der Waals surface area contributed by atoms with E-state index < -0.39 is 0 Å². The van der Waals surface area contributed by atoms with E-state index in [1.807, 2.05) is 24.3 Å². The molecule has 168 valence electrons. The maximum Gasteiger partial charge on any atom is 0.225 e. The molecular formula is C24H26Cl2N4O2. The van der Waals surface area contributed by atoms with Gasteiger partial charge >= 0.3 is 0 Å². The van der Waals surface area contributed by atoms with Gasteiger partial charge in [0.2, 0.25) is 5.95 Å². The van der Waals surface area contributed by atoms with E-state index in [4.69, 9.17) is 32.7 Å². The van der Waals surface area contributed by atoms with Crippen LogP contribution in [0.25, 0.3) is 0 Å². The normalized spacial score (nSPS) is 14.4. The van der Waals surface area contributed by atoms with Gasteiger partial charge in [0, 0.05) is 53.7 Å². The van der Waals surface area contributed by atoms with Crippen molar-refractivity contribution in [3.63, 3.8) is 0 Å². The summed E-state index contributed by atoms with van der Waals surface area (Å²) >= 11 is 12.2. The van der Waals surface area contributed by atoms with Crippen LogP contribution in [0.3, 0.4) is 0 Å². The number of rotatable bonds is 8. The van der Waals surface area contributed by atoms with Crippen LogP contribution in [-0.4, -0.2) is 36.2 Å². The number of hydrogen-bond donors (Lipinski definition) is 1. The van der Waals surface area contributed by atoms with E-state index in [2.05, 4.69) is 26.3 Å². The fraction of sp³-hybridized carbons (Fsp3) is 0.333. The maximum atomic E-state index is 6.24. The van der Waals surface area contributed by atoms with Gasteiger partial charge in [0.15, 0.2) is 11.5 Å². The molecule has 2 aromatic carbocycles. The first kappa shape index (κ1) is 22.6. The second kappa shape index (κ2) is 10.9. The van der Waals surface area contributed by atoms with Gasteiger partial charge in [-0.25, -0.2) is 9.97 Å². The summed E-state index contributed by atoms with van der Waals surface area (Å²) in [4.78, 5) is 10.9. The first-order valence-corrected chi connectivity index (χ1v) is 11.4. The molecule has 1 fully saturated rings. The lowest BCUT2D eigenvalue weighted by molar-refractivity contribution is 0.284. The summed E-state index contributed by atoms with van der Waals surface area (Å²) in [6, 6.07) is 13.7. The minimum absolute atomic E-state index is 0.341. The van der Waals surface area contributed by atoms with Gasteiger partial charge in [-0.1, -0.05) is 35.3 Å². The molecule has 1 aromatic heterocycles. The highest BCUT2D eigenvalue weighted by molar-refractivity contribution is 6.35. The summed E-state index contributed by atoms with van der Waals surface area (Å²) in [6.07, 6.45) is 5.69. The minimum Gasteiger partial charge on any atom is -0.493 e. The molecule has 3 aromatic rings. The van der Waals surface area contributed by atoms with Crippen molar-refractivity contribution in [2.45, 2.75) is 32.0 Å². The molecular weight excluding hydrogens is 447 g/mol. The molecule has 4 rings (SSSR count). The Balaban J connectivity index is 1.29. The molecule has 0 amide bonds. The number of benzene rings is 2. The Morgan fingerprint density at radius 2 is 1.81 bits per heavy atom. The van der Waals surface area contributed by atoms with E-state index >= 15 is 0 Å². The molecule has 2 heterocycles. The second-order valence-electron chi connectivity index (χ2n) is 7.70. The summed E-state index contributed by atoms with van der Waals surface area (Å²) in [6.45, 7) is 3.01. The van der Waals surface area contributed by atoms with E-state index in [0.29, 0.717) is 34.2 Å². The molecule has 0 bridgehead atoms. The topological polar surface area (TPSA) is 59.5 Å². The molecule has 1 aliphatic rings. The Hall–Kier alpha value is -2.54. The lowest BCUT2D eigenvalue weighted by Crippen LogP contribution is -2.42. The molecule has 1 saturated heterocycles. The fourth-order valence-electron chi connectivity index (χ4n) is 3.74. The van der Waals surface area contributed by atoms with Gasteiger partial charge in [0.25, 0.3) is 0 Å². The average Bonchev–Trinajstić information content (AvgIpc) is 2.83. The Morgan fingerprint density at radius 3 is 2.53 bits per heavy atom. The van der Waals surface area contributed by atoms with Crippen molar-refractivity contribution < 1.29 is 9.47 Å². The van der Waals surface area contributed by atoms with E-state index in [1.54, 1.807) is 31.6 Å². The molecule has 32 heavy (non-hydrogen) atoms. The molecule has 0 atom stereocenters. The molecule has 1 N–H and O–H groups in total. The van der Waals surface area contributed by atoms with Crippen molar-refractivity contribution in [1.29, 1.82) is 0 Å². The van der Waals surface area contributed by atoms with E-state index in [-0.39, 0.29) is 0 Å². The molecule has 8 heteroatoms. The van der Waals surface area contributed by atoms with E-state index in [9.17, 15) is 0 Å². The first-order chi connectivity index (χ1) is 15.6. The monoisotopic (exact) mass is 472 g/mol. The van der Waals surface area contributed by atoms with Gasteiger partial charge in [-0.15, -0.1) is 0 Å². The van der Waals surface area contributed by atoms with Crippen LogP contribution in [0.15, 0.2) is 54.9 Å². The number of halogens is 2. The highest BCUT2D eigenvalue weighted by atomic mass is 35.5. The van der Waals surface area contributed by atoms with Gasteiger partial charge in [-0.2, -0.15) is 0 Å². The number of nitrogens with zero attached hydrogens (tertiary/aromatic N) is 3. The SMILES string of the molecule is COc1cc(CNC2CCN(c3ncccn3)CC2)ccc1OCc1ccc(Cl)cc1Cl. The zero-order valence-corrected chi connectivity index (χ0v) is 19.4. The van der Waals surface area contributed by atoms with Crippen LogP contribution in [-0.2, 0) is 13.2 Å². The van der Waals surface area contributed by atoms with Crippen molar-refractivity contribution in [3.8, 4) is 11.5 Å². The average molecular weight is 473 g/mol. The summed E-state index contributed by atoms with van der Waals surface area (Å²) < 4.78 is 11.5. The van der Waals surface area contributed by atoms with Crippen molar-refractivity contribution in [1.82, 2.24) is 15.3 Å². The summed E-state index contributed by atoms with van der Waals surface area (Å²) in [5.41, 5.74) is 2.02. The number of aromatic nitrogens is 2. The zero-order valence-electron chi connectivity index (χ0n) is 17.9. The van der Waals surface area contributed by atoms with Crippen molar-refractivity contribution >= 4 is 29.2 Å². The Bertz CT molecular complexity index is 1030. The van der Waals surface area contributed by atoms with Crippen molar-refractivity contribution in [2.24, 2.45) is 0 Å². The van der Waals surface area contributed by atoms with Crippen LogP contribution in [0.4, 0.5) is 5.95 Å². The number of piperidine rings is 1. The molecule has 0 spiro atoms. The highest BCUT2D eigenvalue weighted by Gasteiger charge is 2.20. The van der Waals surface area contributed by atoms with Crippen LogP contribution in [0.1, 0.15) is 24.0 Å². The Morgan fingerprint density at radius 1 is 1.03 bits per heavy atom. The Labute approximate surface area is 198 Å². The smallest absolute Gasteiger partial charge is 0.225 e. The third-order valence-electron chi connectivity index (χ3n) is 5.55. The van der Waals surface area contributed by atoms with Crippen molar-refractivity contribution in [2.75, 3.05) is 25.1 Å². The third-order valence-corrected chi connectivity index (χ3v) is 6.14. The van der Waals surface area contributed by atoms with Crippen LogP contribution in [0, 0.1) is 0 Å². The van der Waals surface area contributed by atoms with Crippen LogP contribution < -0.4 is 19.7 Å². The van der Waals surface area contributed by atoms with E-state index in [1.165, 1.54) is 0 Å². The predicted octanol–water partition coefficient (Wildman–Crippen LogP) is 5.13. The summed E-state index contributed by atoms with van der Waals surface area (Å²) in [7, 11) is 1.65. The van der Waals surface area contributed by atoms with Crippen molar-refractivity contribution in [3.05, 3.63) is 76.0 Å². The molecule has 1 aliphatic heterocycles. The number of nitrogens with one attached hydrogen (secondary N) is 1. The zero-order chi connectivity index (χ0) is 22.3. The summed E-state index contributed by atoms with van der Waals surface area (Å²) in [5, 5.41) is 4.85.